The van der Waals surface area contributed by atoms with Crippen molar-refractivity contribution in [2.45, 2.75) is 39.0 Å². The lowest BCUT2D eigenvalue weighted by molar-refractivity contribution is 0.0816. The normalized spacial score (nSPS) is 15.2. The molecule has 0 fully saturated rings. The van der Waals surface area contributed by atoms with Crippen LogP contribution in [-0.4, -0.2) is 29.8 Å². The van der Waals surface area contributed by atoms with Crippen LogP contribution in [0, 0.1) is 0 Å². The van der Waals surface area contributed by atoms with Crippen LogP contribution >= 0.6 is 0 Å². The number of ether oxygens (including phenoxy) is 1. The Morgan fingerprint density at radius 3 is 2.87 bits per heavy atom. The third-order valence-electron chi connectivity index (χ3n) is 2.64. The maximum atomic E-state index is 5.34. The van der Waals surface area contributed by atoms with E-state index in [9.17, 15) is 0 Å². The monoisotopic (exact) mass is 211 g/mol. The van der Waals surface area contributed by atoms with Gasteiger partial charge in [0.15, 0.2) is 0 Å². The van der Waals surface area contributed by atoms with Gasteiger partial charge in [-0.1, -0.05) is 6.92 Å². The van der Waals surface area contributed by atoms with Crippen LogP contribution < -0.4 is 5.32 Å². The smallest absolute Gasteiger partial charge is 0.128 e. The molecule has 0 amide bonds. The summed E-state index contributed by atoms with van der Waals surface area (Å²) >= 11 is 0. The second-order valence-electron chi connectivity index (χ2n) is 3.69. The summed E-state index contributed by atoms with van der Waals surface area (Å²) in [5.41, 5.74) is 0. The van der Waals surface area contributed by atoms with Crippen LogP contribution in [0.2, 0.25) is 0 Å². The molecular weight excluding hydrogens is 190 g/mol. The van der Waals surface area contributed by atoms with Crippen LogP contribution in [0.3, 0.4) is 0 Å². The molecular formula is C11H21N3O. The molecule has 1 N–H and O–H groups in total. The van der Waals surface area contributed by atoms with Gasteiger partial charge in [-0.3, -0.25) is 0 Å². The first-order chi connectivity index (χ1) is 7.24. The maximum Gasteiger partial charge on any atom is 0.128 e. The van der Waals surface area contributed by atoms with Gasteiger partial charge in [0.1, 0.15) is 5.82 Å². The number of nitrogens with one attached hydrogen (secondary N) is 1. The van der Waals surface area contributed by atoms with Crippen molar-refractivity contribution in [2.75, 3.05) is 14.2 Å². The topological polar surface area (TPSA) is 39.1 Å². The molecule has 0 aliphatic carbocycles. The highest BCUT2D eigenvalue weighted by Gasteiger charge is 2.21. The van der Waals surface area contributed by atoms with E-state index in [-0.39, 0.29) is 12.1 Å². The van der Waals surface area contributed by atoms with Gasteiger partial charge in [-0.15, -0.1) is 0 Å². The first kappa shape index (κ1) is 12.2. The summed E-state index contributed by atoms with van der Waals surface area (Å²) in [4.78, 5) is 4.40. The van der Waals surface area contributed by atoms with Crippen molar-refractivity contribution < 1.29 is 4.74 Å². The fraction of sp³-hybridized carbons (Fsp3) is 0.727. The number of rotatable bonds is 6. The van der Waals surface area contributed by atoms with Crippen molar-refractivity contribution in [1.82, 2.24) is 14.9 Å². The molecule has 1 aromatic rings. The van der Waals surface area contributed by atoms with E-state index in [4.69, 9.17) is 4.74 Å². The largest absolute Gasteiger partial charge is 0.380 e. The molecule has 0 spiro atoms. The number of aryl methyl sites for hydroxylation is 1. The average molecular weight is 211 g/mol. The highest BCUT2D eigenvalue weighted by molar-refractivity contribution is 5.01. The van der Waals surface area contributed by atoms with E-state index >= 15 is 0 Å². The molecule has 2 atom stereocenters. The number of hydrogen-bond donors (Lipinski definition) is 1. The average Bonchev–Trinajstić information content (AvgIpc) is 2.68. The molecule has 0 bridgehead atoms. The molecule has 0 aromatic carbocycles. The van der Waals surface area contributed by atoms with Crippen LogP contribution in [0.5, 0.6) is 0 Å². The van der Waals surface area contributed by atoms with Gasteiger partial charge < -0.3 is 14.6 Å². The van der Waals surface area contributed by atoms with E-state index in [2.05, 4.69) is 21.8 Å². The van der Waals surface area contributed by atoms with Gasteiger partial charge in [-0.05, 0) is 20.4 Å². The first-order valence-corrected chi connectivity index (χ1v) is 5.45. The Morgan fingerprint density at radius 1 is 1.60 bits per heavy atom. The Bertz CT molecular complexity index is 285. The number of methoxy groups -OCH3 is 1. The Balaban J connectivity index is 2.85. The zero-order chi connectivity index (χ0) is 11.3. The molecule has 15 heavy (non-hydrogen) atoms. The van der Waals surface area contributed by atoms with E-state index in [1.165, 1.54) is 0 Å². The van der Waals surface area contributed by atoms with Crippen molar-refractivity contribution in [3.8, 4) is 0 Å². The van der Waals surface area contributed by atoms with Gasteiger partial charge in [-0.25, -0.2) is 4.98 Å². The minimum absolute atomic E-state index is 0.119. The van der Waals surface area contributed by atoms with Crippen molar-refractivity contribution in [1.29, 1.82) is 0 Å². The summed E-state index contributed by atoms with van der Waals surface area (Å²) in [6.45, 7) is 5.22. The van der Waals surface area contributed by atoms with Crippen LogP contribution in [0.25, 0.3) is 0 Å². The third-order valence-corrected chi connectivity index (χ3v) is 2.64. The number of nitrogens with zero attached hydrogens (tertiary/aromatic N) is 2. The summed E-state index contributed by atoms with van der Waals surface area (Å²) in [5.74, 6) is 1.05. The SMILES string of the molecule is CCCn1ccnc1C(NC)C(C)OC. The Kier molecular flexibility index (Phi) is 4.78. The Labute approximate surface area is 91.7 Å². The number of hydrogen-bond acceptors (Lipinski definition) is 3. The Hall–Kier alpha value is -0.870. The molecule has 2 unspecified atom stereocenters. The first-order valence-electron chi connectivity index (χ1n) is 5.45. The maximum absolute atomic E-state index is 5.34. The van der Waals surface area contributed by atoms with Crippen molar-refractivity contribution in [2.24, 2.45) is 0 Å². The molecule has 86 valence electrons. The third kappa shape index (κ3) is 2.79. The summed E-state index contributed by atoms with van der Waals surface area (Å²) in [5, 5.41) is 3.25. The summed E-state index contributed by atoms with van der Waals surface area (Å²) in [6.07, 6.45) is 5.10. The molecule has 0 aliphatic rings. The van der Waals surface area contributed by atoms with E-state index in [1.807, 2.05) is 26.4 Å². The zero-order valence-corrected chi connectivity index (χ0v) is 10.0. The highest BCUT2D eigenvalue weighted by atomic mass is 16.5. The molecule has 0 saturated carbocycles. The van der Waals surface area contributed by atoms with Gasteiger partial charge in [0.05, 0.1) is 12.1 Å². The molecule has 0 aliphatic heterocycles. The van der Waals surface area contributed by atoms with Crippen LogP contribution in [0.15, 0.2) is 12.4 Å². The fourth-order valence-corrected chi connectivity index (χ4v) is 1.74. The number of aromatic nitrogens is 2. The Morgan fingerprint density at radius 2 is 2.33 bits per heavy atom. The van der Waals surface area contributed by atoms with Gasteiger partial charge in [0.2, 0.25) is 0 Å². The van der Waals surface area contributed by atoms with Crippen molar-refractivity contribution in [3.63, 3.8) is 0 Å². The lowest BCUT2D eigenvalue weighted by atomic mass is 10.1. The number of likely N-dealkylation sites (N-methyl/N-ethyl adjacent to an activating group) is 1. The van der Waals surface area contributed by atoms with Gasteiger partial charge in [0.25, 0.3) is 0 Å². The molecule has 1 rings (SSSR count). The van der Waals surface area contributed by atoms with E-state index < -0.39 is 0 Å². The molecule has 0 saturated heterocycles. The molecule has 1 heterocycles. The summed E-state index contributed by atoms with van der Waals surface area (Å²) in [6, 6.07) is 0.150. The second-order valence-corrected chi connectivity index (χ2v) is 3.69. The van der Waals surface area contributed by atoms with E-state index in [0.29, 0.717) is 0 Å². The molecule has 1 aromatic heterocycles. The molecule has 0 radical (unpaired) electrons. The van der Waals surface area contributed by atoms with Gasteiger partial charge in [0, 0.05) is 26.0 Å². The second kappa shape index (κ2) is 5.88. The predicted octanol–water partition coefficient (Wildman–Crippen LogP) is 1.59. The fourth-order valence-electron chi connectivity index (χ4n) is 1.74. The number of imidazole rings is 1. The van der Waals surface area contributed by atoms with E-state index in [1.54, 1.807) is 7.11 Å². The van der Waals surface area contributed by atoms with Crippen LogP contribution in [-0.2, 0) is 11.3 Å². The minimum atomic E-state index is 0.119. The van der Waals surface area contributed by atoms with Gasteiger partial charge >= 0.3 is 0 Å². The lowest BCUT2D eigenvalue weighted by Crippen LogP contribution is -2.31. The van der Waals surface area contributed by atoms with Crippen LogP contribution in [0.4, 0.5) is 0 Å². The summed E-state index contributed by atoms with van der Waals surface area (Å²) in [7, 11) is 3.66. The van der Waals surface area contributed by atoms with Gasteiger partial charge in [-0.2, -0.15) is 0 Å². The van der Waals surface area contributed by atoms with E-state index in [0.717, 1.165) is 18.8 Å². The van der Waals surface area contributed by atoms with Crippen LogP contribution in [0.1, 0.15) is 32.1 Å². The molecule has 4 heteroatoms. The summed E-state index contributed by atoms with van der Waals surface area (Å²) < 4.78 is 7.52. The standard InChI is InChI=1S/C11H21N3O/c1-5-7-14-8-6-13-11(14)10(12-3)9(2)15-4/h6,8-10,12H,5,7H2,1-4H3. The minimum Gasteiger partial charge on any atom is -0.380 e. The quantitative estimate of drug-likeness (QED) is 0.776. The van der Waals surface area contributed by atoms with Crippen molar-refractivity contribution >= 4 is 0 Å². The zero-order valence-electron chi connectivity index (χ0n) is 10.0. The lowest BCUT2D eigenvalue weighted by Gasteiger charge is -2.22. The van der Waals surface area contributed by atoms with Crippen molar-refractivity contribution in [3.05, 3.63) is 18.2 Å². The predicted molar refractivity (Wildman–Crippen MR) is 60.8 cm³/mol. The highest BCUT2D eigenvalue weighted by Crippen LogP contribution is 2.17. The molecule has 4 nitrogen and oxygen atoms in total.